The number of amides is 3. The number of benzene rings is 3. The van der Waals surface area contributed by atoms with Gasteiger partial charge in [-0.15, -0.1) is 0 Å². The molecule has 0 radical (unpaired) electrons. The number of carbonyl (C=O) groups excluding carboxylic acids is 3. The molecule has 0 aliphatic heterocycles. The Morgan fingerprint density at radius 1 is 0.900 bits per heavy atom. The molecular formula is C32H39N3O5. The molecule has 0 aliphatic rings. The number of alkyl carbamates (subject to hydrolysis) is 1. The predicted molar refractivity (Wildman–Crippen MR) is 156 cm³/mol. The van der Waals surface area contributed by atoms with Gasteiger partial charge in [0.1, 0.15) is 17.7 Å². The van der Waals surface area contributed by atoms with Crippen LogP contribution in [0.25, 0.3) is 0 Å². The lowest BCUT2D eigenvalue weighted by Crippen LogP contribution is -2.53. The number of ether oxygens (including phenoxy) is 1. The first-order valence-corrected chi connectivity index (χ1v) is 13.4. The summed E-state index contributed by atoms with van der Waals surface area (Å²) in [6.45, 7) is 8.53. The van der Waals surface area contributed by atoms with E-state index in [-0.39, 0.29) is 19.6 Å². The number of aliphatic hydroxyl groups excluding tert-OH is 1. The van der Waals surface area contributed by atoms with E-state index in [9.17, 15) is 19.5 Å². The second kappa shape index (κ2) is 13.8. The Hall–Kier alpha value is -4.17. The maximum atomic E-state index is 14.2. The molecule has 0 heterocycles. The van der Waals surface area contributed by atoms with Gasteiger partial charge in [0.25, 0.3) is 5.91 Å². The van der Waals surface area contributed by atoms with Crippen LogP contribution >= 0.6 is 0 Å². The molecule has 3 aromatic carbocycles. The summed E-state index contributed by atoms with van der Waals surface area (Å²) in [5, 5.41) is 15.7. The lowest BCUT2D eigenvalue weighted by Gasteiger charge is -2.34. The van der Waals surface area contributed by atoms with E-state index in [1.54, 1.807) is 39.0 Å². The molecule has 0 aromatic heterocycles. The molecule has 212 valence electrons. The van der Waals surface area contributed by atoms with Crippen molar-refractivity contribution >= 4 is 23.6 Å². The fourth-order valence-electron chi connectivity index (χ4n) is 4.31. The average molecular weight is 546 g/mol. The molecule has 2 unspecified atom stereocenters. The van der Waals surface area contributed by atoms with Crippen molar-refractivity contribution in [3.8, 4) is 0 Å². The Morgan fingerprint density at radius 3 is 2.12 bits per heavy atom. The van der Waals surface area contributed by atoms with Gasteiger partial charge in [-0.3, -0.25) is 9.59 Å². The van der Waals surface area contributed by atoms with Crippen LogP contribution in [0.2, 0.25) is 0 Å². The number of hydrogen-bond donors (Lipinski definition) is 3. The van der Waals surface area contributed by atoms with Gasteiger partial charge >= 0.3 is 6.09 Å². The largest absolute Gasteiger partial charge is 0.444 e. The third kappa shape index (κ3) is 8.68. The van der Waals surface area contributed by atoms with E-state index < -0.39 is 35.6 Å². The monoisotopic (exact) mass is 545 g/mol. The first-order chi connectivity index (χ1) is 19.0. The molecule has 0 bridgehead atoms. The van der Waals surface area contributed by atoms with Crippen LogP contribution in [0.5, 0.6) is 0 Å². The molecule has 8 heteroatoms. The zero-order chi connectivity index (χ0) is 29.3. The molecular weight excluding hydrogens is 506 g/mol. The Morgan fingerprint density at radius 2 is 1.52 bits per heavy atom. The number of aliphatic hydroxyl groups is 1. The van der Waals surface area contributed by atoms with Crippen LogP contribution in [0.3, 0.4) is 0 Å². The molecule has 0 spiro atoms. The summed E-state index contributed by atoms with van der Waals surface area (Å²) in [6, 6.07) is 21.8. The van der Waals surface area contributed by atoms with Gasteiger partial charge in [-0.1, -0.05) is 78.4 Å². The Bertz CT molecular complexity index is 1290. The minimum Gasteiger partial charge on any atom is -0.444 e. The van der Waals surface area contributed by atoms with Crippen LogP contribution in [0, 0.1) is 13.8 Å². The van der Waals surface area contributed by atoms with Crippen molar-refractivity contribution in [1.82, 2.24) is 10.2 Å². The molecule has 40 heavy (non-hydrogen) atoms. The fraction of sp³-hybridized carbons (Fsp3) is 0.344. The number of carbonyl (C=O) groups is 3. The number of hydrogen-bond acceptors (Lipinski definition) is 5. The van der Waals surface area contributed by atoms with Crippen molar-refractivity contribution in [2.24, 2.45) is 0 Å². The summed E-state index contributed by atoms with van der Waals surface area (Å²) in [5.74, 6) is -0.954. The molecule has 8 nitrogen and oxygen atoms in total. The van der Waals surface area contributed by atoms with Gasteiger partial charge in [-0.05, 0) is 57.4 Å². The molecule has 3 amide bonds. The minimum atomic E-state index is -1.07. The Labute approximate surface area is 236 Å². The number of anilines is 1. The molecule has 3 aromatic rings. The van der Waals surface area contributed by atoms with Gasteiger partial charge in [0, 0.05) is 18.7 Å². The van der Waals surface area contributed by atoms with Crippen molar-refractivity contribution in [2.45, 2.75) is 58.7 Å². The third-order valence-electron chi connectivity index (χ3n) is 6.25. The van der Waals surface area contributed by atoms with E-state index in [0.29, 0.717) is 11.3 Å². The summed E-state index contributed by atoms with van der Waals surface area (Å²) in [5.41, 5.74) is 3.11. The quantitative estimate of drug-likeness (QED) is 0.335. The van der Waals surface area contributed by atoms with E-state index in [1.807, 2.05) is 74.5 Å². The Balaban J connectivity index is 2.03. The van der Waals surface area contributed by atoms with E-state index >= 15 is 0 Å². The maximum Gasteiger partial charge on any atom is 0.408 e. The van der Waals surface area contributed by atoms with Crippen LogP contribution in [0.1, 0.15) is 49.1 Å². The first kappa shape index (κ1) is 30.4. The number of nitrogens with zero attached hydrogens (tertiary/aromatic N) is 1. The highest BCUT2D eigenvalue weighted by Gasteiger charge is 2.36. The number of aryl methyl sites for hydroxylation is 2. The molecule has 3 N–H and O–H groups in total. The van der Waals surface area contributed by atoms with E-state index in [0.717, 1.165) is 16.7 Å². The van der Waals surface area contributed by atoms with Gasteiger partial charge in [0.2, 0.25) is 5.91 Å². The molecule has 3 rings (SSSR count). The smallest absolute Gasteiger partial charge is 0.408 e. The zero-order valence-corrected chi connectivity index (χ0v) is 23.8. The fourth-order valence-corrected chi connectivity index (χ4v) is 4.31. The van der Waals surface area contributed by atoms with Crippen LogP contribution < -0.4 is 10.6 Å². The first-order valence-electron chi connectivity index (χ1n) is 13.4. The number of para-hydroxylation sites is 1. The highest BCUT2D eigenvalue weighted by molar-refractivity contribution is 5.99. The lowest BCUT2D eigenvalue weighted by atomic mass is 9.99. The molecule has 0 saturated carbocycles. The number of rotatable bonds is 10. The van der Waals surface area contributed by atoms with Crippen LogP contribution in [0.15, 0.2) is 78.9 Å². The second-order valence-corrected chi connectivity index (χ2v) is 10.8. The van der Waals surface area contributed by atoms with Crippen LogP contribution in [-0.4, -0.2) is 52.7 Å². The van der Waals surface area contributed by atoms with Crippen molar-refractivity contribution in [1.29, 1.82) is 0 Å². The minimum absolute atomic E-state index is 0.125. The van der Waals surface area contributed by atoms with Crippen molar-refractivity contribution in [3.05, 3.63) is 101 Å². The van der Waals surface area contributed by atoms with Crippen molar-refractivity contribution in [3.63, 3.8) is 0 Å². The van der Waals surface area contributed by atoms with Gasteiger partial charge in [-0.2, -0.15) is 0 Å². The molecule has 0 aliphatic carbocycles. The van der Waals surface area contributed by atoms with Crippen LogP contribution in [0.4, 0.5) is 10.5 Å². The van der Waals surface area contributed by atoms with Crippen LogP contribution in [-0.2, 0) is 20.7 Å². The summed E-state index contributed by atoms with van der Waals surface area (Å²) in [4.78, 5) is 42.2. The second-order valence-electron chi connectivity index (χ2n) is 10.8. The summed E-state index contributed by atoms with van der Waals surface area (Å²) < 4.78 is 5.44. The van der Waals surface area contributed by atoms with E-state index in [1.165, 1.54) is 4.90 Å². The van der Waals surface area contributed by atoms with Gasteiger partial charge < -0.3 is 25.4 Å². The zero-order valence-electron chi connectivity index (χ0n) is 23.8. The highest BCUT2D eigenvalue weighted by atomic mass is 16.6. The third-order valence-corrected chi connectivity index (χ3v) is 6.25. The maximum absolute atomic E-state index is 14.2. The predicted octanol–water partition coefficient (Wildman–Crippen LogP) is 4.94. The molecule has 2 atom stereocenters. The SMILES string of the molecule is Cc1ccc(C(C(=O)Nc2ccccc2C)N(CCO)C(=O)C(Cc2ccccc2)NC(=O)OC(C)(C)C)cc1. The lowest BCUT2D eigenvalue weighted by molar-refractivity contribution is -0.141. The van der Waals surface area contributed by atoms with Crippen molar-refractivity contribution in [2.75, 3.05) is 18.5 Å². The topological polar surface area (TPSA) is 108 Å². The summed E-state index contributed by atoms with van der Waals surface area (Å²) >= 11 is 0. The summed E-state index contributed by atoms with van der Waals surface area (Å²) in [6.07, 6.45) is -0.581. The summed E-state index contributed by atoms with van der Waals surface area (Å²) in [7, 11) is 0. The number of nitrogens with one attached hydrogen (secondary N) is 2. The van der Waals surface area contributed by atoms with E-state index in [4.69, 9.17) is 4.74 Å². The van der Waals surface area contributed by atoms with Crippen molar-refractivity contribution < 1.29 is 24.2 Å². The normalized spacial score (nSPS) is 12.7. The Kier molecular flexibility index (Phi) is 10.4. The molecule has 0 saturated heterocycles. The van der Waals surface area contributed by atoms with Gasteiger partial charge in [0.05, 0.1) is 6.61 Å². The van der Waals surface area contributed by atoms with Gasteiger partial charge in [0.15, 0.2) is 0 Å². The average Bonchev–Trinajstić information content (AvgIpc) is 2.89. The standard InChI is InChI=1S/C32H39N3O5/c1-22-15-17-25(18-16-22)28(29(37)33-26-14-10-9-11-23(26)2)35(19-20-36)30(38)27(21-24-12-7-6-8-13-24)34-31(39)40-32(3,4)5/h6-18,27-28,36H,19-21H2,1-5H3,(H,33,37)(H,34,39). The highest BCUT2D eigenvalue weighted by Crippen LogP contribution is 2.26. The van der Waals surface area contributed by atoms with Gasteiger partial charge in [-0.25, -0.2) is 4.79 Å². The molecule has 0 fully saturated rings. The van der Waals surface area contributed by atoms with E-state index in [2.05, 4.69) is 10.6 Å².